The van der Waals surface area contributed by atoms with E-state index < -0.39 is 15.9 Å². The fourth-order valence-electron chi connectivity index (χ4n) is 1.99. The van der Waals surface area contributed by atoms with E-state index in [2.05, 4.69) is 10.0 Å². The van der Waals surface area contributed by atoms with Gasteiger partial charge < -0.3 is 19.7 Å². The number of hydrogen-bond donors (Lipinski definition) is 2. The van der Waals surface area contributed by atoms with Crippen molar-refractivity contribution in [2.45, 2.75) is 11.3 Å². The predicted molar refractivity (Wildman–Crippen MR) is 88.9 cm³/mol. The Hall–Kier alpha value is -2.33. The van der Waals surface area contributed by atoms with Crippen LogP contribution >= 0.6 is 0 Å². The van der Waals surface area contributed by atoms with Crippen LogP contribution in [0.2, 0.25) is 0 Å². The number of amides is 2. The molecule has 9 nitrogen and oxygen atoms in total. The third-order valence-electron chi connectivity index (χ3n) is 3.40. The molecule has 2 N–H and O–H groups in total. The van der Waals surface area contributed by atoms with E-state index in [4.69, 9.17) is 9.47 Å². The Morgan fingerprint density at radius 3 is 2.52 bits per heavy atom. The second-order valence-electron chi connectivity index (χ2n) is 5.52. The molecule has 1 heterocycles. The third kappa shape index (κ3) is 5.33. The summed E-state index contributed by atoms with van der Waals surface area (Å²) in [6.45, 7) is 0.568. The molecule has 0 bridgehead atoms. The van der Waals surface area contributed by atoms with Gasteiger partial charge in [-0.05, 0) is 12.1 Å². The molecule has 2 amide bonds. The Bertz CT molecular complexity index is 748. The van der Waals surface area contributed by atoms with E-state index in [0.29, 0.717) is 24.7 Å². The Kier molecular flexibility index (Phi) is 6.21. The van der Waals surface area contributed by atoms with Crippen LogP contribution in [0, 0.1) is 0 Å². The lowest BCUT2D eigenvalue weighted by molar-refractivity contribution is -0.130. The molecular weight excluding hydrogens is 350 g/mol. The number of ether oxygens (including phenoxy) is 2. The first-order valence-electron chi connectivity index (χ1n) is 7.66. The highest BCUT2D eigenvalue weighted by atomic mass is 32.2. The maximum Gasteiger partial charge on any atom is 0.241 e. The van der Waals surface area contributed by atoms with Gasteiger partial charge in [-0.1, -0.05) is 0 Å². The molecule has 0 fully saturated rings. The number of nitrogens with one attached hydrogen (secondary N) is 2. The van der Waals surface area contributed by atoms with E-state index in [0.717, 1.165) is 0 Å². The lowest BCUT2D eigenvalue weighted by Gasteiger charge is -2.18. The third-order valence-corrected chi connectivity index (χ3v) is 4.86. The Labute approximate surface area is 146 Å². The van der Waals surface area contributed by atoms with Crippen LogP contribution in [0.1, 0.15) is 6.42 Å². The van der Waals surface area contributed by atoms with Crippen LogP contribution in [0.25, 0.3) is 0 Å². The molecule has 10 heteroatoms. The number of carbonyl (C=O) groups is 2. The van der Waals surface area contributed by atoms with Crippen molar-refractivity contribution < 1.29 is 27.5 Å². The number of nitrogens with zero attached hydrogens (tertiary/aromatic N) is 1. The van der Waals surface area contributed by atoms with E-state index in [1.165, 1.54) is 23.1 Å². The first kappa shape index (κ1) is 19.0. The largest absolute Gasteiger partial charge is 0.486 e. The van der Waals surface area contributed by atoms with Gasteiger partial charge in [-0.25, -0.2) is 13.1 Å². The Balaban J connectivity index is 1.85. The molecule has 25 heavy (non-hydrogen) atoms. The van der Waals surface area contributed by atoms with Crippen molar-refractivity contribution in [3.63, 3.8) is 0 Å². The second kappa shape index (κ2) is 8.17. The minimum absolute atomic E-state index is 0.0277. The number of carbonyl (C=O) groups excluding carboxylic acids is 2. The summed E-state index contributed by atoms with van der Waals surface area (Å²) in [5, 5.41) is 2.43. The van der Waals surface area contributed by atoms with Gasteiger partial charge in [0, 0.05) is 33.1 Å². The SMILES string of the molecule is CN(C)C(=O)CNC(=O)CCNS(=O)(=O)c1ccc2c(c1)OCCO2. The van der Waals surface area contributed by atoms with Crippen LogP contribution in [-0.2, 0) is 19.6 Å². The van der Waals surface area contributed by atoms with Gasteiger partial charge >= 0.3 is 0 Å². The number of rotatable bonds is 7. The molecule has 0 saturated carbocycles. The zero-order chi connectivity index (χ0) is 18.4. The summed E-state index contributed by atoms with van der Waals surface area (Å²) in [5.41, 5.74) is 0. The van der Waals surface area contributed by atoms with Crippen LogP contribution < -0.4 is 19.5 Å². The molecule has 0 atom stereocenters. The van der Waals surface area contributed by atoms with Gasteiger partial charge in [-0.3, -0.25) is 9.59 Å². The minimum Gasteiger partial charge on any atom is -0.486 e. The van der Waals surface area contributed by atoms with E-state index in [1.807, 2.05) is 0 Å². The number of fused-ring (bicyclic) bond motifs is 1. The fraction of sp³-hybridized carbons (Fsp3) is 0.467. The van der Waals surface area contributed by atoms with E-state index >= 15 is 0 Å². The van der Waals surface area contributed by atoms with Crippen LogP contribution in [-0.4, -0.2) is 65.5 Å². The van der Waals surface area contributed by atoms with Crippen molar-refractivity contribution in [3.05, 3.63) is 18.2 Å². The normalized spacial score (nSPS) is 13.2. The van der Waals surface area contributed by atoms with Crippen LogP contribution in [0.5, 0.6) is 11.5 Å². The molecule has 1 aliphatic heterocycles. The van der Waals surface area contributed by atoms with Crippen molar-refractivity contribution in [2.24, 2.45) is 0 Å². The van der Waals surface area contributed by atoms with Crippen LogP contribution in [0.15, 0.2) is 23.1 Å². The Morgan fingerprint density at radius 1 is 1.16 bits per heavy atom. The van der Waals surface area contributed by atoms with Crippen LogP contribution in [0.3, 0.4) is 0 Å². The van der Waals surface area contributed by atoms with Gasteiger partial charge in [-0.15, -0.1) is 0 Å². The molecule has 138 valence electrons. The molecule has 0 aliphatic carbocycles. The molecule has 2 rings (SSSR count). The molecule has 1 aromatic rings. The van der Waals surface area contributed by atoms with E-state index in [1.54, 1.807) is 14.1 Å². The molecule has 1 aliphatic rings. The van der Waals surface area contributed by atoms with Gasteiger partial charge in [0.15, 0.2) is 11.5 Å². The highest BCUT2D eigenvalue weighted by Crippen LogP contribution is 2.32. The highest BCUT2D eigenvalue weighted by molar-refractivity contribution is 7.89. The molecule has 0 radical (unpaired) electrons. The Morgan fingerprint density at radius 2 is 1.84 bits per heavy atom. The van der Waals surface area contributed by atoms with E-state index in [-0.39, 0.29) is 30.3 Å². The first-order valence-corrected chi connectivity index (χ1v) is 9.14. The van der Waals surface area contributed by atoms with Crippen molar-refractivity contribution >= 4 is 21.8 Å². The summed E-state index contributed by atoms with van der Waals surface area (Å²) in [5.74, 6) is 0.203. The molecule has 0 saturated heterocycles. The maximum atomic E-state index is 12.3. The van der Waals surface area contributed by atoms with Crippen molar-refractivity contribution in [2.75, 3.05) is 40.4 Å². The summed E-state index contributed by atoms with van der Waals surface area (Å²) in [6, 6.07) is 4.32. The van der Waals surface area contributed by atoms with Crippen molar-refractivity contribution in [1.29, 1.82) is 0 Å². The molecule has 0 unspecified atom stereocenters. The van der Waals surface area contributed by atoms with Crippen molar-refractivity contribution in [1.82, 2.24) is 14.9 Å². The lowest BCUT2D eigenvalue weighted by atomic mass is 10.3. The lowest BCUT2D eigenvalue weighted by Crippen LogP contribution is -2.37. The highest BCUT2D eigenvalue weighted by Gasteiger charge is 2.19. The smallest absolute Gasteiger partial charge is 0.241 e. The molecule has 0 spiro atoms. The zero-order valence-corrected chi connectivity index (χ0v) is 14.9. The van der Waals surface area contributed by atoms with Crippen molar-refractivity contribution in [3.8, 4) is 11.5 Å². The summed E-state index contributed by atoms with van der Waals surface area (Å²) in [6.07, 6.45) is -0.0789. The first-order chi connectivity index (χ1) is 11.8. The molecule has 1 aromatic carbocycles. The van der Waals surface area contributed by atoms with Gasteiger partial charge in [0.25, 0.3) is 0 Å². The van der Waals surface area contributed by atoms with Crippen LogP contribution in [0.4, 0.5) is 0 Å². The zero-order valence-electron chi connectivity index (χ0n) is 14.1. The van der Waals surface area contributed by atoms with Gasteiger partial charge in [0.1, 0.15) is 13.2 Å². The maximum absolute atomic E-state index is 12.3. The molecular formula is C15H21N3O6S. The topological polar surface area (TPSA) is 114 Å². The standard InChI is InChI=1S/C15H21N3O6S/c1-18(2)15(20)10-16-14(19)5-6-17-25(21,22)11-3-4-12-13(9-11)24-8-7-23-12/h3-4,9,17H,5-8,10H2,1-2H3,(H,16,19). The minimum atomic E-state index is -3.77. The second-order valence-corrected chi connectivity index (χ2v) is 7.29. The van der Waals surface area contributed by atoms with E-state index in [9.17, 15) is 18.0 Å². The quantitative estimate of drug-likeness (QED) is 0.657. The molecule has 0 aromatic heterocycles. The summed E-state index contributed by atoms with van der Waals surface area (Å²) < 4.78 is 37.6. The average molecular weight is 371 g/mol. The summed E-state index contributed by atoms with van der Waals surface area (Å²) >= 11 is 0. The summed E-state index contributed by atoms with van der Waals surface area (Å²) in [4.78, 5) is 24.4. The number of sulfonamides is 1. The number of hydrogen-bond acceptors (Lipinski definition) is 6. The average Bonchev–Trinajstić information content (AvgIpc) is 2.58. The monoisotopic (exact) mass is 371 g/mol. The number of benzene rings is 1. The van der Waals surface area contributed by atoms with Gasteiger partial charge in [-0.2, -0.15) is 0 Å². The number of likely N-dealkylation sites (N-methyl/N-ethyl adjacent to an activating group) is 1. The predicted octanol–water partition coefficient (Wildman–Crippen LogP) is -0.669. The van der Waals surface area contributed by atoms with Gasteiger partial charge in [0.2, 0.25) is 21.8 Å². The summed E-state index contributed by atoms with van der Waals surface area (Å²) in [7, 11) is -0.616. The fourth-order valence-corrected chi connectivity index (χ4v) is 3.04. The van der Waals surface area contributed by atoms with Gasteiger partial charge in [0.05, 0.1) is 11.4 Å².